The Bertz CT molecular complexity index is 743. The van der Waals surface area contributed by atoms with E-state index in [4.69, 9.17) is 9.52 Å². The van der Waals surface area contributed by atoms with E-state index < -0.39 is 34.0 Å². The molecule has 0 aliphatic carbocycles. The van der Waals surface area contributed by atoms with Gasteiger partial charge in [-0.1, -0.05) is 0 Å². The van der Waals surface area contributed by atoms with E-state index in [9.17, 15) is 25.1 Å². The standard InChI is InChI=1S/C12H9N3O7/c16-8-3-6(4-9(17)11(8)18)12(19)14-13-5-7-1-2-10(22-7)15(20)21/h1-5,16-18H,(H,14,19)/b13-5+. The molecule has 1 heterocycles. The Kier molecular flexibility index (Phi) is 3.93. The maximum atomic E-state index is 11.7. The molecule has 0 saturated carbocycles. The SMILES string of the molecule is O=C(N/N=C/c1ccc([N+](=O)[O-])o1)c1cc(O)c(O)c(O)c1. The predicted molar refractivity (Wildman–Crippen MR) is 71.9 cm³/mol. The molecule has 1 aromatic carbocycles. The number of carbonyl (C=O) groups is 1. The van der Waals surface area contributed by atoms with E-state index >= 15 is 0 Å². The number of phenols is 3. The lowest BCUT2D eigenvalue weighted by molar-refractivity contribution is -0.402. The first-order valence-electron chi connectivity index (χ1n) is 5.71. The number of benzene rings is 1. The van der Waals surface area contributed by atoms with Gasteiger partial charge in [0.15, 0.2) is 23.0 Å². The van der Waals surface area contributed by atoms with E-state index in [1.54, 1.807) is 0 Å². The van der Waals surface area contributed by atoms with Gasteiger partial charge in [0.25, 0.3) is 5.91 Å². The molecule has 0 aliphatic rings. The first-order chi connectivity index (χ1) is 10.4. The zero-order valence-electron chi connectivity index (χ0n) is 10.8. The minimum atomic E-state index is -0.789. The molecule has 0 unspecified atom stereocenters. The van der Waals surface area contributed by atoms with Crippen molar-refractivity contribution in [2.24, 2.45) is 5.10 Å². The van der Waals surface area contributed by atoms with Gasteiger partial charge in [0.2, 0.25) is 0 Å². The molecule has 0 bridgehead atoms. The summed E-state index contributed by atoms with van der Waals surface area (Å²) in [5.41, 5.74) is 1.90. The van der Waals surface area contributed by atoms with E-state index in [0.717, 1.165) is 24.4 Å². The van der Waals surface area contributed by atoms with Crippen LogP contribution in [0.3, 0.4) is 0 Å². The molecule has 10 nitrogen and oxygen atoms in total. The van der Waals surface area contributed by atoms with Crippen LogP contribution in [0, 0.1) is 10.1 Å². The van der Waals surface area contributed by atoms with Crippen molar-refractivity contribution in [3.05, 3.63) is 45.7 Å². The summed E-state index contributed by atoms with van der Waals surface area (Å²) in [6.45, 7) is 0. The van der Waals surface area contributed by atoms with Crippen LogP contribution in [0.15, 0.2) is 33.8 Å². The highest BCUT2D eigenvalue weighted by Crippen LogP contribution is 2.35. The van der Waals surface area contributed by atoms with Crippen LogP contribution in [-0.2, 0) is 0 Å². The largest absolute Gasteiger partial charge is 0.504 e. The van der Waals surface area contributed by atoms with E-state index in [-0.39, 0.29) is 11.3 Å². The molecule has 4 N–H and O–H groups in total. The fourth-order valence-electron chi connectivity index (χ4n) is 1.46. The third kappa shape index (κ3) is 3.12. The Morgan fingerprint density at radius 3 is 2.45 bits per heavy atom. The molecular weight excluding hydrogens is 298 g/mol. The molecule has 2 aromatic rings. The Morgan fingerprint density at radius 1 is 1.27 bits per heavy atom. The van der Waals surface area contributed by atoms with Crippen molar-refractivity contribution in [1.29, 1.82) is 0 Å². The quantitative estimate of drug-likeness (QED) is 0.284. The van der Waals surface area contributed by atoms with Crippen LogP contribution in [0.5, 0.6) is 17.2 Å². The van der Waals surface area contributed by atoms with E-state index in [1.165, 1.54) is 6.07 Å². The maximum absolute atomic E-state index is 11.7. The topological polar surface area (TPSA) is 158 Å². The zero-order chi connectivity index (χ0) is 16.3. The highest BCUT2D eigenvalue weighted by Gasteiger charge is 2.13. The summed E-state index contributed by atoms with van der Waals surface area (Å²) >= 11 is 0. The number of amides is 1. The lowest BCUT2D eigenvalue weighted by Gasteiger charge is -2.04. The molecule has 1 aromatic heterocycles. The molecule has 0 atom stereocenters. The minimum Gasteiger partial charge on any atom is -0.504 e. The zero-order valence-corrected chi connectivity index (χ0v) is 10.8. The molecule has 1 amide bonds. The summed E-state index contributed by atoms with van der Waals surface area (Å²) in [6, 6.07) is 4.26. The van der Waals surface area contributed by atoms with Crippen molar-refractivity contribution in [2.45, 2.75) is 0 Å². The van der Waals surface area contributed by atoms with Gasteiger partial charge >= 0.3 is 5.88 Å². The number of nitro groups is 1. The van der Waals surface area contributed by atoms with Gasteiger partial charge in [0.05, 0.1) is 12.3 Å². The molecule has 2 rings (SSSR count). The van der Waals surface area contributed by atoms with Gasteiger partial charge in [-0.15, -0.1) is 0 Å². The molecule has 22 heavy (non-hydrogen) atoms. The van der Waals surface area contributed by atoms with Crippen LogP contribution in [0.25, 0.3) is 0 Å². The average molecular weight is 307 g/mol. The van der Waals surface area contributed by atoms with Gasteiger partial charge in [-0.2, -0.15) is 5.10 Å². The number of carbonyl (C=O) groups excluding carboxylic acids is 1. The number of nitrogens with one attached hydrogen (secondary N) is 1. The van der Waals surface area contributed by atoms with Gasteiger partial charge in [-0.05, 0) is 18.2 Å². The summed E-state index contributed by atoms with van der Waals surface area (Å²) in [6.07, 6.45) is 1.03. The van der Waals surface area contributed by atoms with Crippen molar-refractivity contribution in [3.63, 3.8) is 0 Å². The number of nitrogens with zero attached hydrogens (tertiary/aromatic N) is 2. The summed E-state index contributed by atoms with van der Waals surface area (Å²) in [7, 11) is 0. The average Bonchev–Trinajstić information content (AvgIpc) is 2.93. The number of hydrogen-bond acceptors (Lipinski definition) is 8. The smallest absolute Gasteiger partial charge is 0.433 e. The molecule has 114 valence electrons. The Hall–Kier alpha value is -3.56. The number of phenolic OH excluding ortho intramolecular Hbond substituents is 3. The fraction of sp³-hybridized carbons (Fsp3) is 0. The minimum absolute atomic E-state index is 0.0448. The fourth-order valence-corrected chi connectivity index (χ4v) is 1.46. The van der Waals surface area contributed by atoms with Crippen molar-refractivity contribution < 1.29 is 29.5 Å². The molecule has 0 spiro atoms. The molecule has 0 saturated heterocycles. The van der Waals surface area contributed by atoms with Crippen LogP contribution >= 0.6 is 0 Å². The molecular formula is C12H9N3O7. The van der Waals surface area contributed by atoms with Crippen LogP contribution in [0.2, 0.25) is 0 Å². The molecule has 0 aliphatic heterocycles. The van der Waals surface area contributed by atoms with Gasteiger partial charge in [-0.3, -0.25) is 14.9 Å². The van der Waals surface area contributed by atoms with E-state index in [0.29, 0.717) is 0 Å². The van der Waals surface area contributed by atoms with Crippen molar-refractivity contribution in [3.8, 4) is 17.2 Å². The third-order valence-electron chi connectivity index (χ3n) is 2.48. The second-order valence-electron chi connectivity index (χ2n) is 4.00. The predicted octanol–water partition coefficient (Wildman–Crippen LogP) is 1.07. The van der Waals surface area contributed by atoms with Gasteiger partial charge in [0.1, 0.15) is 4.92 Å². The third-order valence-corrected chi connectivity index (χ3v) is 2.48. The molecule has 10 heteroatoms. The summed E-state index contributed by atoms with van der Waals surface area (Å²) < 4.78 is 4.77. The normalized spacial score (nSPS) is 10.7. The Balaban J connectivity index is 2.06. The van der Waals surface area contributed by atoms with Crippen LogP contribution in [0.1, 0.15) is 16.1 Å². The van der Waals surface area contributed by atoms with E-state index in [1.807, 2.05) is 0 Å². The van der Waals surface area contributed by atoms with Crippen LogP contribution < -0.4 is 5.43 Å². The second kappa shape index (κ2) is 5.83. The van der Waals surface area contributed by atoms with Crippen molar-refractivity contribution >= 4 is 18.0 Å². The number of aromatic hydroxyl groups is 3. The summed E-state index contributed by atoms with van der Waals surface area (Å²) in [4.78, 5) is 21.4. The van der Waals surface area contributed by atoms with Gasteiger partial charge in [0, 0.05) is 5.56 Å². The highest BCUT2D eigenvalue weighted by molar-refractivity contribution is 5.96. The van der Waals surface area contributed by atoms with Gasteiger partial charge < -0.3 is 19.7 Å². The molecule has 0 radical (unpaired) electrons. The number of furan rings is 1. The number of hydrogen-bond donors (Lipinski definition) is 4. The van der Waals surface area contributed by atoms with Crippen molar-refractivity contribution in [2.75, 3.05) is 0 Å². The van der Waals surface area contributed by atoms with Crippen LogP contribution in [0.4, 0.5) is 5.88 Å². The second-order valence-corrected chi connectivity index (χ2v) is 4.00. The molecule has 0 fully saturated rings. The summed E-state index contributed by atoms with van der Waals surface area (Å²) in [5.74, 6) is -3.30. The maximum Gasteiger partial charge on any atom is 0.433 e. The Labute approximate surface area is 122 Å². The van der Waals surface area contributed by atoms with Gasteiger partial charge in [-0.25, -0.2) is 5.43 Å². The first-order valence-corrected chi connectivity index (χ1v) is 5.71. The van der Waals surface area contributed by atoms with Crippen molar-refractivity contribution in [1.82, 2.24) is 5.43 Å². The number of hydrazone groups is 1. The van der Waals surface area contributed by atoms with E-state index in [2.05, 4.69) is 10.5 Å². The monoisotopic (exact) mass is 307 g/mol. The Morgan fingerprint density at radius 2 is 1.91 bits per heavy atom. The van der Waals surface area contributed by atoms with Crippen LogP contribution in [-0.4, -0.2) is 32.4 Å². The number of rotatable bonds is 4. The first kappa shape index (κ1) is 14.8. The summed E-state index contributed by atoms with van der Waals surface area (Å²) in [5, 5.41) is 41.6. The highest BCUT2D eigenvalue weighted by atomic mass is 16.6. The lowest BCUT2D eigenvalue weighted by atomic mass is 10.2. The lowest BCUT2D eigenvalue weighted by Crippen LogP contribution is -2.17.